The predicted octanol–water partition coefficient (Wildman–Crippen LogP) is 5.18. The summed E-state index contributed by atoms with van der Waals surface area (Å²) in [5, 5.41) is 2.60. The number of amides is 3. The summed E-state index contributed by atoms with van der Waals surface area (Å²) >= 11 is 0.742. The van der Waals surface area contributed by atoms with E-state index < -0.39 is 35.2 Å². The number of halogens is 2. The predicted molar refractivity (Wildman–Crippen MR) is 120 cm³/mol. The summed E-state index contributed by atoms with van der Waals surface area (Å²) in [5.74, 6) is -3.10. The highest BCUT2D eigenvalue weighted by molar-refractivity contribution is 8.18. The molecule has 0 radical (unpaired) electrons. The average Bonchev–Trinajstić information content (AvgIpc) is 3.23. The highest BCUT2D eigenvalue weighted by Gasteiger charge is 2.36. The third kappa shape index (κ3) is 4.16. The topological polar surface area (TPSA) is 71.4 Å². The van der Waals surface area contributed by atoms with Gasteiger partial charge in [-0.1, -0.05) is 18.2 Å². The number of fused-ring (bicyclic) bond motifs is 1. The quantitative estimate of drug-likeness (QED) is 0.539. The van der Waals surface area contributed by atoms with E-state index in [1.807, 2.05) is 44.3 Å². The maximum atomic E-state index is 13.8. The first kappa shape index (κ1) is 21.8. The highest BCUT2D eigenvalue weighted by Crippen LogP contribution is 2.34. The van der Waals surface area contributed by atoms with Crippen molar-refractivity contribution in [3.63, 3.8) is 0 Å². The normalized spacial score (nSPS) is 15.4. The van der Waals surface area contributed by atoms with E-state index >= 15 is 0 Å². The van der Waals surface area contributed by atoms with Gasteiger partial charge in [0.25, 0.3) is 11.1 Å². The van der Waals surface area contributed by atoms with Crippen molar-refractivity contribution in [1.82, 2.24) is 9.47 Å². The van der Waals surface area contributed by atoms with Crippen molar-refractivity contribution in [2.75, 3.05) is 11.9 Å². The molecule has 0 spiro atoms. The van der Waals surface area contributed by atoms with Crippen LogP contribution >= 0.6 is 11.8 Å². The molecule has 2 aromatic carbocycles. The number of benzene rings is 2. The fourth-order valence-electron chi connectivity index (χ4n) is 3.48. The molecule has 1 N–H and O–H groups in total. The van der Waals surface area contributed by atoms with E-state index in [0.717, 1.165) is 45.3 Å². The zero-order valence-electron chi connectivity index (χ0n) is 17.3. The Hall–Kier alpha value is -3.46. The van der Waals surface area contributed by atoms with Crippen LogP contribution in [0.25, 0.3) is 17.0 Å². The first-order valence-corrected chi connectivity index (χ1v) is 10.7. The molecule has 164 valence electrons. The van der Waals surface area contributed by atoms with E-state index in [9.17, 15) is 23.2 Å². The van der Waals surface area contributed by atoms with Crippen LogP contribution < -0.4 is 5.32 Å². The zero-order valence-corrected chi connectivity index (χ0v) is 18.1. The molecule has 1 aliphatic rings. The average molecular weight is 455 g/mol. The van der Waals surface area contributed by atoms with Gasteiger partial charge in [-0.05, 0) is 49.9 Å². The van der Waals surface area contributed by atoms with Crippen LogP contribution in [-0.4, -0.2) is 33.1 Å². The van der Waals surface area contributed by atoms with Gasteiger partial charge >= 0.3 is 0 Å². The van der Waals surface area contributed by atoms with Crippen LogP contribution in [0.15, 0.2) is 53.6 Å². The zero-order chi connectivity index (χ0) is 23.0. The molecular formula is C23H19F2N3O3S. The van der Waals surface area contributed by atoms with Gasteiger partial charge in [0.2, 0.25) is 5.91 Å². The molecule has 0 aliphatic carbocycles. The highest BCUT2D eigenvalue weighted by atomic mass is 32.2. The largest absolute Gasteiger partial charge is 0.344 e. The van der Waals surface area contributed by atoms with E-state index in [1.54, 1.807) is 6.08 Å². The lowest BCUT2D eigenvalue weighted by Gasteiger charge is -2.12. The number of imide groups is 1. The van der Waals surface area contributed by atoms with Crippen LogP contribution in [0.3, 0.4) is 0 Å². The first-order valence-electron chi connectivity index (χ1n) is 9.84. The molecule has 3 amide bonds. The van der Waals surface area contributed by atoms with E-state index in [2.05, 4.69) is 9.88 Å². The lowest BCUT2D eigenvalue weighted by molar-refractivity contribution is -0.127. The number of carbonyl (C=O) groups excluding carboxylic acids is 3. The molecule has 0 atom stereocenters. The molecule has 9 heteroatoms. The van der Waals surface area contributed by atoms with Gasteiger partial charge < -0.3 is 9.88 Å². The molecule has 1 aromatic heterocycles. The molecule has 1 saturated heterocycles. The van der Waals surface area contributed by atoms with E-state index in [1.165, 1.54) is 0 Å². The number of hydrogen-bond acceptors (Lipinski definition) is 4. The number of para-hydroxylation sites is 1. The fraction of sp³-hybridized carbons (Fsp3) is 0.174. The number of nitrogens with zero attached hydrogens (tertiary/aromatic N) is 2. The standard InChI is InChI=1S/C23H19F2N3O3S/c1-13(2)27-11-14(16-5-3-4-6-19(16)27)9-20-22(30)28(23(31)32-20)12-21(29)26-18-8-7-15(24)10-17(18)25/h3-11,13H,12H2,1-2H3,(H,26,29). The Kier molecular flexibility index (Phi) is 5.84. The Labute approximate surface area is 186 Å². The van der Waals surface area contributed by atoms with Crippen molar-refractivity contribution >= 4 is 51.5 Å². The molecule has 0 saturated carbocycles. The molecule has 3 aromatic rings. The molecule has 1 fully saturated rings. The van der Waals surface area contributed by atoms with Gasteiger partial charge in [-0.15, -0.1) is 0 Å². The summed E-state index contributed by atoms with van der Waals surface area (Å²) in [6.07, 6.45) is 3.57. The van der Waals surface area contributed by atoms with Gasteiger partial charge in [0.05, 0.1) is 10.6 Å². The van der Waals surface area contributed by atoms with Gasteiger partial charge in [0, 0.05) is 34.8 Å². The number of rotatable bonds is 5. The number of nitrogens with one attached hydrogen (secondary N) is 1. The molecule has 6 nitrogen and oxygen atoms in total. The Morgan fingerprint density at radius 2 is 1.91 bits per heavy atom. The van der Waals surface area contributed by atoms with Gasteiger partial charge in [-0.3, -0.25) is 19.3 Å². The third-order valence-corrected chi connectivity index (χ3v) is 5.90. The van der Waals surface area contributed by atoms with Gasteiger partial charge in [0.15, 0.2) is 0 Å². The lowest BCUT2D eigenvalue weighted by Crippen LogP contribution is -2.36. The van der Waals surface area contributed by atoms with Crippen LogP contribution in [-0.2, 0) is 9.59 Å². The summed E-state index contributed by atoms with van der Waals surface area (Å²) < 4.78 is 28.8. The molecule has 0 unspecified atom stereocenters. The van der Waals surface area contributed by atoms with Crippen LogP contribution in [0, 0.1) is 11.6 Å². The van der Waals surface area contributed by atoms with E-state index in [-0.39, 0.29) is 16.6 Å². The van der Waals surface area contributed by atoms with Crippen molar-refractivity contribution in [2.45, 2.75) is 19.9 Å². The van der Waals surface area contributed by atoms with Crippen molar-refractivity contribution in [2.24, 2.45) is 0 Å². The summed E-state index contributed by atoms with van der Waals surface area (Å²) in [6.45, 7) is 3.52. The number of hydrogen-bond donors (Lipinski definition) is 1. The number of aromatic nitrogens is 1. The Morgan fingerprint density at radius 3 is 2.62 bits per heavy atom. The monoisotopic (exact) mass is 455 g/mol. The summed E-state index contributed by atoms with van der Waals surface area (Å²) in [4.78, 5) is 38.4. The van der Waals surface area contributed by atoms with Crippen LogP contribution in [0.1, 0.15) is 25.5 Å². The molecule has 2 heterocycles. The maximum Gasteiger partial charge on any atom is 0.294 e. The second kappa shape index (κ2) is 8.58. The molecule has 32 heavy (non-hydrogen) atoms. The minimum absolute atomic E-state index is 0.197. The smallest absolute Gasteiger partial charge is 0.294 e. The van der Waals surface area contributed by atoms with E-state index in [4.69, 9.17) is 0 Å². The van der Waals surface area contributed by atoms with Crippen molar-refractivity contribution in [3.05, 3.63) is 70.8 Å². The Bertz CT molecular complexity index is 1280. The SMILES string of the molecule is CC(C)n1cc(C=C2SC(=O)N(CC(=O)Nc3ccc(F)cc3F)C2=O)c2ccccc21. The Morgan fingerprint density at radius 1 is 1.16 bits per heavy atom. The number of anilines is 1. The van der Waals surface area contributed by atoms with Crippen molar-refractivity contribution < 1.29 is 23.2 Å². The first-order chi connectivity index (χ1) is 15.2. The second-order valence-electron chi connectivity index (χ2n) is 7.54. The Balaban J connectivity index is 1.55. The van der Waals surface area contributed by atoms with Gasteiger partial charge in [-0.2, -0.15) is 0 Å². The maximum absolute atomic E-state index is 13.8. The van der Waals surface area contributed by atoms with Gasteiger partial charge in [0.1, 0.15) is 18.2 Å². The fourth-order valence-corrected chi connectivity index (χ4v) is 4.30. The molecule has 4 rings (SSSR count). The van der Waals surface area contributed by atoms with Crippen LogP contribution in [0.4, 0.5) is 19.3 Å². The minimum atomic E-state index is -0.950. The molecular weight excluding hydrogens is 436 g/mol. The van der Waals surface area contributed by atoms with Gasteiger partial charge in [-0.25, -0.2) is 8.78 Å². The summed E-state index contributed by atoms with van der Waals surface area (Å²) in [6, 6.07) is 10.7. The lowest BCUT2D eigenvalue weighted by atomic mass is 10.1. The molecule has 1 aliphatic heterocycles. The van der Waals surface area contributed by atoms with E-state index in [0.29, 0.717) is 6.07 Å². The number of thioether (sulfide) groups is 1. The molecule has 0 bridgehead atoms. The minimum Gasteiger partial charge on any atom is -0.344 e. The van der Waals surface area contributed by atoms with Crippen molar-refractivity contribution in [1.29, 1.82) is 0 Å². The number of carbonyl (C=O) groups is 3. The summed E-state index contributed by atoms with van der Waals surface area (Å²) in [5.41, 5.74) is 1.56. The van der Waals surface area contributed by atoms with Crippen LogP contribution in [0.5, 0.6) is 0 Å². The van der Waals surface area contributed by atoms with Crippen molar-refractivity contribution in [3.8, 4) is 0 Å². The second-order valence-corrected chi connectivity index (χ2v) is 8.54. The summed E-state index contributed by atoms with van der Waals surface area (Å²) in [7, 11) is 0. The third-order valence-electron chi connectivity index (χ3n) is 4.99. The van der Waals surface area contributed by atoms with Crippen LogP contribution in [0.2, 0.25) is 0 Å².